The number of methoxy groups -OCH3 is 3. The van der Waals surface area contributed by atoms with Gasteiger partial charge in [-0.15, -0.1) is 0 Å². The lowest BCUT2D eigenvalue weighted by Gasteiger charge is -2.35. The maximum atomic E-state index is 14.2. The lowest BCUT2D eigenvalue weighted by molar-refractivity contribution is -0.128. The van der Waals surface area contributed by atoms with Crippen LogP contribution in [-0.2, 0) is 26.0 Å². The van der Waals surface area contributed by atoms with E-state index < -0.39 is 28.6 Å². The molecule has 0 unspecified atom stereocenters. The monoisotopic (exact) mass is 645 g/mol. The number of fused-ring (bicyclic) bond motifs is 1. The molecule has 0 saturated carbocycles. The lowest BCUT2D eigenvalue weighted by atomic mass is 10.1. The van der Waals surface area contributed by atoms with Crippen molar-refractivity contribution in [3.63, 3.8) is 0 Å². The molecule has 4 aromatic rings. The quantitative estimate of drug-likeness (QED) is 0.245. The zero-order chi connectivity index (χ0) is 32.7. The van der Waals surface area contributed by atoms with Crippen LogP contribution in [0, 0.1) is 0 Å². The Bertz CT molecular complexity index is 1780. The number of nitrogens with one attached hydrogen (secondary N) is 1. The number of para-hydroxylation sites is 2. The minimum atomic E-state index is -4.31. The second kappa shape index (κ2) is 14.2. The van der Waals surface area contributed by atoms with E-state index in [9.17, 15) is 18.0 Å². The third-order valence-corrected chi connectivity index (χ3v) is 9.28. The van der Waals surface area contributed by atoms with Crippen LogP contribution in [0.1, 0.15) is 5.56 Å². The Morgan fingerprint density at radius 2 is 1.57 bits per heavy atom. The van der Waals surface area contributed by atoms with Gasteiger partial charge in [-0.1, -0.05) is 42.5 Å². The van der Waals surface area contributed by atoms with Crippen molar-refractivity contribution >= 4 is 33.2 Å². The summed E-state index contributed by atoms with van der Waals surface area (Å²) < 4.78 is 51.2. The molecule has 0 bridgehead atoms. The number of hydrogen-bond donors (Lipinski definition) is 1. The summed E-state index contributed by atoms with van der Waals surface area (Å²) in [5.41, 5.74) is 1.74. The highest BCUT2D eigenvalue weighted by molar-refractivity contribution is 7.92. The molecular formula is C34H35N3O8S. The Morgan fingerprint density at radius 3 is 2.26 bits per heavy atom. The molecule has 46 heavy (non-hydrogen) atoms. The number of ether oxygens (including phenoxy) is 4. The van der Waals surface area contributed by atoms with E-state index in [0.29, 0.717) is 35.9 Å². The van der Waals surface area contributed by atoms with Crippen molar-refractivity contribution in [3.8, 4) is 23.0 Å². The molecule has 0 radical (unpaired) electrons. The third kappa shape index (κ3) is 7.02. The van der Waals surface area contributed by atoms with Gasteiger partial charge in [0.1, 0.15) is 18.0 Å². The van der Waals surface area contributed by atoms with Crippen LogP contribution in [0.15, 0.2) is 102 Å². The summed E-state index contributed by atoms with van der Waals surface area (Å²) in [5, 5.41) is 2.89. The van der Waals surface area contributed by atoms with Crippen molar-refractivity contribution in [2.75, 3.05) is 50.2 Å². The average Bonchev–Trinajstić information content (AvgIpc) is 3.10. The second-order valence-electron chi connectivity index (χ2n) is 10.3. The number of rotatable bonds is 12. The smallest absolute Gasteiger partial charge is 0.264 e. The molecule has 11 nitrogen and oxygen atoms in total. The fraction of sp³-hybridized carbons (Fsp3) is 0.235. The molecule has 2 amide bonds. The molecule has 240 valence electrons. The maximum Gasteiger partial charge on any atom is 0.264 e. The third-order valence-electron chi connectivity index (χ3n) is 7.51. The van der Waals surface area contributed by atoms with Gasteiger partial charge in [0.25, 0.3) is 15.9 Å². The molecule has 1 aliphatic heterocycles. The Balaban J connectivity index is 1.43. The van der Waals surface area contributed by atoms with E-state index in [1.54, 1.807) is 48.5 Å². The first-order valence-electron chi connectivity index (χ1n) is 14.5. The van der Waals surface area contributed by atoms with Crippen LogP contribution < -0.4 is 33.5 Å². The van der Waals surface area contributed by atoms with Gasteiger partial charge in [0.2, 0.25) is 5.91 Å². The Hall–Kier alpha value is -5.23. The molecular weight excluding hydrogens is 610 g/mol. The molecule has 1 atom stereocenters. The van der Waals surface area contributed by atoms with E-state index in [-0.39, 0.29) is 28.8 Å². The van der Waals surface area contributed by atoms with Gasteiger partial charge >= 0.3 is 0 Å². The lowest BCUT2D eigenvalue weighted by Crippen LogP contribution is -2.53. The largest absolute Gasteiger partial charge is 0.497 e. The van der Waals surface area contributed by atoms with Gasteiger partial charge in [-0.25, -0.2) is 8.42 Å². The first-order chi connectivity index (χ1) is 22.2. The van der Waals surface area contributed by atoms with Crippen molar-refractivity contribution in [1.82, 2.24) is 5.32 Å². The van der Waals surface area contributed by atoms with Crippen molar-refractivity contribution in [2.24, 2.45) is 0 Å². The van der Waals surface area contributed by atoms with E-state index in [2.05, 4.69) is 5.32 Å². The summed E-state index contributed by atoms with van der Waals surface area (Å²) >= 11 is 0. The fourth-order valence-electron chi connectivity index (χ4n) is 5.07. The zero-order valence-corrected chi connectivity index (χ0v) is 26.5. The Morgan fingerprint density at radius 1 is 0.870 bits per heavy atom. The van der Waals surface area contributed by atoms with E-state index in [4.69, 9.17) is 18.9 Å². The van der Waals surface area contributed by atoms with Crippen molar-refractivity contribution in [1.29, 1.82) is 0 Å². The number of amides is 2. The van der Waals surface area contributed by atoms with Crippen LogP contribution in [0.3, 0.4) is 0 Å². The number of carbonyl (C=O) groups excluding carboxylic acids is 2. The van der Waals surface area contributed by atoms with Gasteiger partial charge in [0.05, 0.1) is 44.1 Å². The van der Waals surface area contributed by atoms with Crippen molar-refractivity contribution < 1.29 is 37.0 Å². The average molecular weight is 646 g/mol. The summed E-state index contributed by atoms with van der Waals surface area (Å²) in [6.07, 6.45) is -0.380. The van der Waals surface area contributed by atoms with E-state index >= 15 is 0 Å². The maximum absolute atomic E-state index is 14.2. The standard InChI is InChI=1S/C34H35N3O8S/c1-42-26-15-13-25(14-16-26)37(46(40,41)27-17-18-30(43-2)31(21-27)44-3)23-33(38)36-22-32(45-29-12-8-7-11-28(29)36)34(39)35-20-19-24-9-5-4-6-10-24/h4-18,21,32H,19-20,22-23H2,1-3H3,(H,35,39)/t32-/m1/s1. The summed E-state index contributed by atoms with van der Waals surface area (Å²) in [5.74, 6) is 0.482. The molecule has 0 saturated heterocycles. The number of carbonyl (C=O) groups is 2. The van der Waals surface area contributed by atoms with Gasteiger partial charge < -0.3 is 29.2 Å². The van der Waals surface area contributed by atoms with Crippen LogP contribution >= 0.6 is 0 Å². The normalized spacial score (nSPS) is 14.0. The van der Waals surface area contributed by atoms with E-state index in [1.807, 2.05) is 30.3 Å². The molecule has 0 spiro atoms. The predicted molar refractivity (Wildman–Crippen MR) is 173 cm³/mol. The highest BCUT2D eigenvalue weighted by Gasteiger charge is 2.36. The molecule has 4 aromatic carbocycles. The van der Waals surface area contributed by atoms with Crippen LogP contribution in [0.5, 0.6) is 23.0 Å². The Labute approximate surface area is 268 Å². The molecule has 0 aliphatic carbocycles. The van der Waals surface area contributed by atoms with Gasteiger partial charge in [-0.2, -0.15) is 0 Å². The molecule has 1 N–H and O–H groups in total. The predicted octanol–water partition coefficient (Wildman–Crippen LogP) is 4.06. The van der Waals surface area contributed by atoms with Crippen LogP contribution in [0.25, 0.3) is 0 Å². The topological polar surface area (TPSA) is 124 Å². The van der Waals surface area contributed by atoms with E-state index in [1.165, 1.54) is 44.4 Å². The van der Waals surface area contributed by atoms with Crippen LogP contribution in [0.2, 0.25) is 0 Å². The van der Waals surface area contributed by atoms with Gasteiger partial charge in [0, 0.05) is 12.6 Å². The van der Waals surface area contributed by atoms with Gasteiger partial charge in [-0.3, -0.25) is 13.9 Å². The number of benzene rings is 4. The summed E-state index contributed by atoms with van der Waals surface area (Å²) in [7, 11) is 0.0447. The van der Waals surface area contributed by atoms with Crippen molar-refractivity contribution in [3.05, 3.63) is 103 Å². The molecule has 0 aromatic heterocycles. The van der Waals surface area contributed by atoms with Crippen molar-refractivity contribution in [2.45, 2.75) is 17.4 Å². The van der Waals surface area contributed by atoms with Crippen LogP contribution in [-0.4, -0.2) is 67.3 Å². The first kappa shape index (κ1) is 32.2. The second-order valence-corrected chi connectivity index (χ2v) is 12.2. The number of anilines is 2. The summed E-state index contributed by atoms with van der Waals surface area (Å²) in [6.45, 7) is -0.299. The number of hydrogen-bond acceptors (Lipinski definition) is 8. The molecule has 0 fully saturated rings. The first-order valence-corrected chi connectivity index (χ1v) is 16.0. The molecule has 5 rings (SSSR count). The minimum absolute atomic E-state index is 0.105. The number of nitrogens with zero attached hydrogens (tertiary/aromatic N) is 2. The highest BCUT2D eigenvalue weighted by atomic mass is 32.2. The molecule has 1 heterocycles. The zero-order valence-electron chi connectivity index (χ0n) is 25.7. The highest BCUT2D eigenvalue weighted by Crippen LogP contribution is 2.35. The fourth-order valence-corrected chi connectivity index (χ4v) is 6.50. The number of sulfonamides is 1. The minimum Gasteiger partial charge on any atom is -0.497 e. The summed E-state index contributed by atoms with van der Waals surface area (Å²) in [6, 6.07) is 27.1. The SMILES string of the molecule is COc1ccc(N(CC(=O)N2C[C@H](C(=O)NCCc3ccccc3)Oc3ccccc32)S(=O)(=O)c2ccc(OC)c(OC)c2)cc1. The van der Waals surface area contributed by atoms with Gasteiger partial charge in [-0.05, 0) is 60.5 Å². The Kier molecular flexibility index (Phi) is 9.97. The van der Waals surface area contributed by atoms with Gasteiger partial charge in [0.15, 0.2) is 17.6 Å². The van der Waals surface area contributed by atoms with E-state index in [0.717, 1.165) is 9.87 Å². The molecule has 1 aliphatic rings. The molecule has 12 heteroatoms. The summed E-state index contributed by atoms with van der Waals surface area (Å²) in [4.78, 5) is 28.6. The van der Waals surface area contributed by atoms with Crippen LogP contribution in [0.4, 0.5) is 11.4 Å².